The van der Waals surface area contributed by atoms with Crippen molar-refractivity contribution >= 4 is 18.0 Å². The Kier molecular flexibility index (Phi) is 5.72. The van der Waals surface area contributed by atoms with E-state index < -0.39 is 5.97 Å². The average Bonchev–Trinajstić information content (AvgIpc) is 2.56. The fraction of sp³-hybridized carbons (Fsp3) is 0.222. The van der Waals surface area contributed by atoms with Crippen molar-refractivity contribution in [2.24, 2.45) is 4.99 Å². The molecule has 2 aromatic rings. The molecule has 0 saturated carbocycles. The Hall–Kier alpha value is -2.62. The molecule has 0 atom stereocenters. The summed E-state index contributed by atoms with van der Waals surface area (Å²) < 4.78 is 0. The first-order valence-electron chi connectivity index (χ1n) is 7.34. The van der Waals surface area contributed by atoms with Gasteiger partial charge >= 0.3 is 5.97 Å². The Bertz CT molecular complexity index is 621. The van der Waals surface area contributed by atoms with Gasteiger partial charge < -0.3 is 10.0 Å². The highest BCUT2D eigenvalue weighted by molar-refractivity contribution is 5.87. The zero-order chi connectivity index (χ0) is 15.8. The predicted octanol–water partition coefficient (Wildman–Crippen LogP) is 3.48. The molecule has 2 aromatic carbocycles. The largest absolute Gasteiger partial charge is 0.478 e. The number of aromatic carboxylic acids is 1. The van der Waals surface area contributed by atoms with Crippen molar-refractivity contribution < 1.29 is 9.90 Å². The molecular formula is C18H20N2O2. The van der Waals surface area contributed by atoms with Gasteiger partial charge in [-0.05, 0) is 43.2 Å². The van der Waals surface area contributed by atoms with Crippen LogP contribution in [-0.4, -0.2) is 30.5 Å². The van der Waals surface area contributed by atoms with Crippen molar-refractivity contribution in [1.29, 1.82) is 0 Å². The second-order valence-corrected chi connectivity index (χ2v) is 4.90. The summed E-state index contributed by atoms with van der Waals surface area (Å²) in [7, 11) is 0. The molecule has 0 aliphatic rings. The average molecular weight is 296 g/mol. The fourth-order valence-electron chi connectivity index (χ4n) is 2.11. The summed E-state index contributed by atoms with van der Waals surface area (Å²) >= 11 is 0. The van der Waals surface area contributed by atoms with Crippen LogP contribution in [0.25, 0.3) is 0 Å². The van der Waals surface area contributed by atoms with Gasteiger partial charge in [0.15, 0.2) is 0 Å². The fourth-order valence-corrected chi connectivity index (χ4v) is 2.11. The smallest absolute Gasteiger partial charge is 0.335 e. The number of nitrogens with zero attached hydrogens (tertiary/aromatic N) is 2. The van der Waals surface area contributed by atoms with Crippen molar-refractivity contribution in [3.05, 3.63) is 65.7 Å². The van der Waals surface area contributed by atoms with Crippen molar-refractivity contribution in [3.8, 4) is 0 Å². The number of para-hydroxylation sites is 1. The molecule has 0 heterocycles. The standard InChI is InChI=1S/C18H20N2O2/c1-2-20(17-6-4-3-5-7-17)14-19-13-12-15-8-10-16(11-9-15)18(21)22/h3-11,14H,2,12-13H2,1H3,(H,21,22). The monoisotopic (exact) mass is 296 g/mol. The molecule has 4 heteroatoms. The van der Waals surface area contributed by atoms with Crippen molar-refractivity contribution in [2.75, 3.05) is 18.0 Å². The number of hydrogen-bond donors (Lipinski definition) is 1. The highest BCUT2D eigenvalue weighted by Crippen LogP contribution is 2.11. The summed E-state index contributed by atoms with van der Waals surface area (Å²) in [5.74, 6) is -0.897. The number of aliphatic imine (C=N–C) groups is 1. The van der Waals surface area contributed by atoms with Gasteiger partial charge in [-0.3, -0.25) is 4.99 Å². The Morgan fingerprint density at radius 3 is 2.41 bits per heavy atom. The maximum atomic E-state index is 10.8. The Morgan fingerprint density at radius 1 is 1.14 bits per heavy atom. The number of carboxylic acids is 1. The lowest BCUT2D eigenvalue weighted by Crippen LogP contribution is -2.20. The quantitative estimate of drug-likeness (QED) is 0.628. The SMILES string of the molecule is CCN(C=NCCc1ccc(C(=O)O)cc1)c1ccccc1. The Morgan fingerprint density at radius 2 is 1.82 bits per heavy atom. The summed E-state index contributed by atoms with van der Waals surface area (Å²) in [5.41, 5.74) is 2.53. The minimum atomic E-state index is -0.897. The van der Waals surface area contributed by atoms with Crippen LogP contribution in [0.3, 0.4) is 0 Å². The minimum absolute atomic E-state index is 0.313. The highest BCUT2D eigenvalue weighted by atomic mass is 16.4. The molecule has 0 unspecified atom stereocenters. The number of rotatable bonds is 7. The van der Waals surface area contributed by atoms with E-state index in [1.54, 1.807) is 12.1 Å². The van der Waals surface area contributed by atoms with Crippen LogP contribution in [0, 0.1) is 0 Å². The van der Waals surface area contributed by atoms with Gasteiger partial charge in [-0.25, -0.2) is 4.79 Å². The molecule has 0 amide bonds. The summed E-state index contributed by atoms with van der Waals surface area (Å²) in [6, 6.07) is 17.1. The maximum Gasteiger partial charge on any atom is 0.335 e. The van der Waals surface area contributed by atoms with Gasteiger partial charge in [0.2, 0.25) is 0 Å². The summed E-state index contributed by atoms with van der Waals surface area (Å²) in [6.07, 6.45) is 2.66. The second-order valence-electron chi connectivity index (χ2n) is 4.90. The molecule has 22 heavy (non-hydrogen) atoms. The number of benzene rings is 2. The normalized spacial score (nSPS) is 10.8. The van der Waals surface area contributed by atoms with Crippen molar-refractivity contribution in [2.45, 2.75) is 13.3 Å². The summed E-state index contributed by atoms with van der Waals surface area (Å²) in [4.78, 5) is 17.3. The van der Waals surface area contributed by atoms with Crippen LogP contribution in [0.5, 0.6) is 0 Å². The van der Waals surface area contributed by atoms with Crippen LogP contribution in [0.15, 0.2) is 59.6 Å². The van der Waals surface area contributed by atoms with E-state index in [0.29, 0.717) is 12.1 Å². The number of hydrogen-bond acceptors (Lipinski definition) is 2. The molecular weight excluding hydrogens is 276 g/mol. The minimum Gasteiger partial charge on any atom is -0.478 e. The molecule has 0 aliphatic heterocycles. The van der Waals surface area contributed by atoms with Gasteiger partial charge in [0.05, 0.1) is 11.9 Å². The lowest BCUT2D eigenvalue weighted by molar-refractivity contribution is 0.0697. The third kappa shape index (κ3) is 4.45. The first-order chi connectivity index (χ1) is 10.7. The third-order valence-electron chi connectivity index (χ3n) is 3.38. The van der Waals surface area contributed by atoms with Crippen molar-refractivity contribution in [1.82, 2.24) is 0 Å². The van der Waals surface area contributed by atoms with Gasteiger partial charge in [-0.1, -0.05) is 30.3 Å². The van der Waals surface area contributed by atoms with Gasteiger partial charge in [-0.15, -0.1) is 0 Å². The molecule has 1 N–H and O–H groups in total. The lowest BCUT2D eigenvalue weighted by atomic mass is 10.1. The molecule has 0 radical (unpaired) electrons. The van der Waals surface area contributed by atoms with E-state index in [2.05, 4.69) is 28.9 Å². The molecule has 0 aliphatic carbocycles. The molecule has 4 nitrogen and oxygen atoms in total. The van der Waals surface area contributed by atoms with Gasteiger partial charge in [0.1, 0.15) is 0 Å². The zero-order valence-corrected chi connectivity index (χ0v) is 12.6. The maximum absolute atomic E-state index is 10.8. The van der Waals surface area contributed by atoms with Crippen LogP contribution >= 0.6 is 0 Å². The lowest BCUT2D eigenvalue weighted by Gasteiger charge is -2.17. The molecule has 0 saturated heterocycles. The second kappa shape index (κ2) is 7.98. The van der Waals surface area contributed by atoms with E-state index in [1.165, 1.54) is 0 Å². The molecule has 0 bridgehead atoms. The van der Waals surface area contributed by atoms with Gasteiger partial charge in [-0.2, -0.15) is 0 Å². The van der Waals surface area contributed by atoms with E-state index in [9.17, 15) is 4.79 Å². The summed E-state index contributed by atoms with van der Waals surface area (Å²) in [5, 5.41) is 8.86. The van der Waals surface area contributed by atoms with Crippen LogP contribution in [-0.2, 0) is 6.42 Å². The molecule has 0 fully saturated rings. The van der Waals surface area contributed by atoms with E-state index in [1.807, 2.05) is 36.7 Å². The topological polar surface area (TPSA) is 52.9 Å². The first kappa shape index (κ1) is 15.8. The van der Waals surface area contributed by atoms with E-state index in [4.69, 9.17) is 5.11 Å². The van der Waals surface area contributed by atoms with E-state index in [-0.39, 0.29) is 0 Å². The third-order valence-corrected chi connectivity index (χ3v) is 3.38. The van der Waals surface area contributed by atoms with Gasteiger partial charge in [0.25, 0.3) is 0 Å². The van der Waals surface area contributed by atoms with Gasteiger partial charge in [0, 0.05) is 18.8 Å². The molecule has 114 valence electrons. The number of anilines is 1. The summed E-state index contributed by atoms with van der Waals surface area (Å²) in [6.45, 7) is 3.63. The van der Waals surface area contributed by atoms with E-state index in [0.717, 1.165) is 24.2 Å². The first-order valence-corrected chi connectivity index (χ1v) is 7.34. The Balaban J connectivity index is 1.88. The predicted molar refractivity (Wildman–Crippen MR) is 89.9 cm³/mol. The Labute approximate surface area is 130 Å². The zero-order valence-electron chi connectivity index (χ0n) is 12.6. The van der Waals surface area contributed by atoms with Crippen LogP contribution in [0.1, 0.15) is 22.8 Å². The van der Waals surface area contributed by atoms with Crippen molar-refractivity contribution in [3.63, 3.8) is 0 Å². The number of carboxylic acid groups (broad SMARTS) is 1. The van der Waals surface area contributed by atoms with Crippen LogP contribution in [0.2, 0.25) is 0 Å². The van der Waals surface area contributed by atoms with Crippen LogP contribution in [0.4, 0.5) is 5.69 Å². The number of carbonyl (C=O) groups is 1. The molecule has 0 spiro atoms. The highest BCUT2D eigenvalue weighted by Gasteiger charge is 2.02. The molecule has 0 aromatic heterocycles. The van der Waals surface area contributed by atoms with E-state index >= 15 is 0 Å². The van der Waals surface area contributed by atoms with Crippen LogP contribution < -0.4 is 4.90 Å². The molecule has 2 rings (SSSR count).